The molecule has 0 bridgehead atoms. The maximum atomic E-state index is 12.7. The first-order valence-electron chi connectivity index (χ1n) is 8.15. The summed E-state index contributed by atoms with van der Waals surface area (Å²) in [6.07, 6.45) is 1.46. The number of halogens is 3. The van der Waals surface area contributed by atoms with E-state index in [1.165, 1.54) is 10.9 Å². The molecule has 0 saturated carbocycles. The Morgan fingerprint density at radius 3 is 2.52 bits per heavy atom. The Morgan fingerprint density at radius 2 is 1.89 bits per heavy atom. The number of rotatable bonds is 4. The van der Waals surface area contributed by atoms with Crippen molar-refractivity contribution in [2.45, 2.75) is 26.9 Å². The van der Waals surface area contributed by atoms with Gasteiger partial charge in [0.25, 0.3) is 5.56 Å². The average Bonchev–Trinajstić information content (AvgIpc) is 2.58. The Labute approximate surface area is 174 Å². The third-order valence-corrected chi connectivity index (χ3v) is 4.72. The minimum absolute atomic E-state index is 0.0521. The van der Waals surface area contributed by atoms with Crippen molar-refractivity contribution in [1.29, 1.82) is 0 Å². The van der Waals surface area contributed by atoms with Gasteiger partial charge < -0.3 is 4.74 Å². The molecule has 0 unspecified atom stereocenters. The quantitative estimate of drug-likeness (QED) is 0.478. The van der Waals surface area contributed by atoms with Crippen molar-refractivity contribution in [3.8, 4) is 5.75 Å². The molecule has 0 aliphatic carbocycles. The van der Waals surface area contributed by atoms with E-state index in [1.54, 1.807) is 31.2 Å². The lowest BCUT2D eigenvalue weighted by Gasteiger charge is -2.13. The van der Waals surface area contributed by atoms with Gasteiger partial charge in [0.15, 0.2) is 5.75 Å². The smallest absolute Gasteiger partial charge is 0.282 e. The molecule has 0 atom stereocenters. The van der Waals surface area contributed by atoms with Gasteiger partial charge >= 0.3 is 0 Å². The standard InChI is InChI=1S/C19H16BrCl2N3O2/c1-10(2)27-18-15(21)6-12(7-16(18)22)9-23-25-11(3)24-17-5-4-13(20)8-14(17)19(25)26/h4-10H,1-3H3. The van der Waals surface area contributed by atoms with Crippen LogP contribution in [0.25, 0.3) is 10.9 Å². The molecule has 8 heteroatoms. The highest BCUT2D eigenvalue weighted by Crippen LogP contribution is 2.34. The van der Waals surface area contributed by atoms with Gasteiger partial charge in [0.2, 0.25) is 0 Å². The highest BCUT2D eigenvalue weighted by atomic mass is 79.9. The molecule has 0 spiro atoms. The average molecular weight is 469 g/mol. The Morgan fingerprint density at radius 1 is 1.22 bits per heavy atom. The third kappa shape index (κ3) is 4.34. The van der Waals surface area contributed by atoms with Crippen LogP contribution >= 0.6 is 39.1 Å². The van der Waals surface area contributed by atoms with Gasteiger partial charge in [0, 0.05) is 4.47 Å². The van der Waals surface area contributed by atoms with Crippen LogP contribution in [0.15, 0.2) is 44.7 Å². The van der Waals surface area contributed by atoms with E-state index in [1.807, 2.05) is 19.9 Å². The van der Waals surface area contributed by atoms with Crippen LogP contribution < -0.4 is 10.3 Å². The van der Waals surface area contributed by atoms with Gasteiger partial charge in [-0.15, -0.1) is 0 Å². The van der Waals surface area contributed by atoms with Gasteiger partial charge in [-0.2, -0.15) is 9.78 Å². The first-order chi connectivity index (χ1) is 12.8. The first kappa shape index (κ1) is 19.9. The van der Waals surface area contributed by atoms with Gasteiger partial charge in [0.1, 0.15) is 5.82 Å². The van der Waals surface area contributed by atoms with Crippen LogP contribution in [-0.2, 0) is 0 Å². The molecule has 5 nitrogen and oxygen atoms in total. The summed E-state index contributed by atoms with van der Waals surface area (Å²) in [5.74, 6) is 0.902. The van der Waals surface area contributed by atoms with Gasteiger partial charge in [-0.3, -0.25) is 4.79 Å². The Balaban J connectivity index is 2.03. The van der Waals surface area contributed by atoms with Crippen molar-refractivity contribution >= 4 is 56.2 Å². The van der Waals surface area contributed by atoms with Crippen LogP contribution in [0.5, 0.6) is 5.75 Å². The zero-order valence-corrected chi connectivity index (χ0v) is 17.9. The number of hydrogen-bond donors (Lipinski definition) is 0. The maximum Gasteiger partial charge on any atom is 0.282 e. The van der Waals surface area contributed by atoms with E-state index in [0.29, 0.717) is 38.1 Å². The van der Waals surface area contributed by atoms with Crippen molar-refractivity contribution < 1.29 is 4.74 Å². The minimum Gasteiger partial charge on any atom is -0.488 e. The second-order valence-electron chi connectivity index (χ2n) is 6.16. The molecule has 140 valence electrons. The SMILES string of the molecule is Cc1nc2ccc(Br)cc2c(=O)n1N=Cc1cc(Cl)c(OC(C)C)c(Cl)c1. The molecule has 27 heavy (non-hydrogen) atoms. The monoisotopic (exact) mass is 467 g/mol. The van der Waals surface area contributed by atoms with Crippen molar-refractivity contribution in [1.82, 2.24) is 9.66 Å². The first-order valence-corrected chi connectivity index (χ1v) is 9.70. The van der Waals surface area contributed by atoms with Crippen LogP contribution in [0.2, 0.25) is 10.0 Å². The number of nitrogens with zero attached hydrogens (tertiary/aromatic N) is 3. The number of hydrogen-bond acceptors (Lipinski definition) is 4. The second-order valence-corrected chi connectivity index (χ2v) is 7.89. The highest BCUT2D eigenvalue weighted by molar-refractivity contribution is 9.10. The molecule has 0 amide bonds. The van der Waals surface area contributed by atoms with Crippen LogP contribution in [0, 0.1) is 6.92 Å². The summed E-state index contributed by atoms with van der Waals surface area (Å²) in [4.78, 5) is 17.2. The number of aryl methyl sites for hydroxylation is 1. The molecule has 2 aromatic carbocycles. The summed E-state index contributed by atoms with van der Waals surface area (Å²) in [6.45, 7) is 5.50. The molecule has 3 rings (SSSR count). The highest BCUT2D eigenvalue weighted by Gasteiger charge is 2.11. The number of benzene rings is 2. The van der Waals surface area contributed by atoms with Gasteiger partial charge in [0.05, 0.1) is 33.3 Å². The molecule has 1 aromatic heterocycles. The van der Waals surface area contributed by atoms with Crippen molar-refractivity contribution in [3.05, 3.63) is 66.6 Å². The van der Waals surface area contributed by atoms with E-state index in [-0.39, 0.29) is 11.7 Å². The molecule has 0 aliphatic heterocycles. The van der Waals surface area contributed by atoms with Crippen LogP contribution in [0.3, 0.4) is 0 Å². The summed E-state index contributed by atoms with van der Waals surface area (Å²) < 4.78 is 7.66. The zero-order valence-electron chi connectivity index (χ0n) is 14.8. The molecular formula is C19H16BrCl2N3O2. The van der Waals surface area contributed by atoms with E-state index in [9.17, 15) is 4.79 Å². The molecule has 0 N–H and O–H groups in total. The van der Waals surface area contributed by atoms with Gasteiger partial charge in [-0.05, 0) is 56.7 Å². The zero-order chi connectivity index (χ0) is 19.7. The molecule has 3 aromatic rings. The Kier molecular flexibility index (Phi) is 5.89. The predicted octanol–water partition coefficient (Wildman–Crippen LogP) is 5.44. The summed E-state index contributed by atoms with van der Waals surface area (Å²) >= 11 is 15.9. The lowest BCUT2D eigenvalue weighted by atomic mass is 10.2. The Hall–Kier alpha value is -1.89. The predicted molar refractivity (Wildman–Crippen MR) is 114 cm³/mol. The largest absolute Gasteiger partial charge is 0.488 e. The lowest BCUT2D eigenvalue weighted by molar-refractivity contribution is 0.243. The van der Waals surface area contributed by atoms with E-state index in [2.05, 4.69) is 26.0 Å². The van der Waals surface area contributed by atoms with Gasteiger partial charge in [-0.25, -0.2) is 4.98 Å². The fourth-order valence-corrected chi connectivity index (χ4v) is 3.48. The minimum atomic E-state index is -0.257. The Bertz CT molecular complexity index is 1090. The fourth-order valence-electron chi connectivity index (χ4n) is 2.52. The van der Waals surface area contributed by atoms with Crippen LogP contribution in [0.4, 0.5) is 0 Å². The molecule has 0 fully saturated rings. The summed E-state index contributed by atoms with van der Waals surface area (Å²) in [7, 11) is 0. The van der Waals surface area contributed by atoms with E-state index < -0.39 is 0 Å². The normalized spacial score (nSPS) is 11.7. The number of aromatic nitrogens is 2. The van der Waals surface area contributed by atoms with E-state index >= 15 is 0 Å². The molecule has 0 radical (unpaired) electrons. The fraction of sp³-hybridized carbons (Fsp3) is 0.211. The van der Waals surface area contributed by atoms with Crippen molar-refractivity contribution in [3.63, 3.8) is 0 Å². The third-order valence-electron chi connectivity index (χ3n) is 3.67. The second kappa shape index (κ2) is 8.00. The maximum absolute atomic E-state index is 12.7. The van der Waals surface area contributed by atoms with Gasteiger partial charge in [-0.1, -0.05) is 39.1 Å². The van der Waals surface area contributed by atoms with Crippen molar-refractivity contribution in [2.24, 2.45) is 5.10 Å². The van der Waals surface area contributed by atoms with E-state index in [4.69, 9.17) is 27.9 Å². The van der Waals surface area contributed by atoms with E-state index in [0.717, 1.165) is 4.47 Å². The van der Waals surface area contributed by atoms with Crippen LogP contribution in [-0.4, -0.2) is 22.0 Å². The van der Waals surface area contributed by atoms with Crippen molar-refractivity contribution in [2.75, 3.05) is 0 Å². The van der Waals surface area contributed by atoms with Crippen LogP contribution in [0.1, 0.15) is 25.2 Å². The number of fused-ring (bicyclic) bond motifs is 1. The summed E-state index contributed by atoms with van der Waals surface area (Å²) in [6, 6.07) is 8.71. The summed E-state index contributed by atoms with van der Waals surface area (Å²) in [5, 5.41) is 5.50. The summed E-state index contributed by atoms with van der Waals surface area (Å²) in [5.41, 5.74) is 1.00. The molecular weight excluding hydrogens is 453 g/mol. The topological polar surface area (TPSA) is 56.5 Å². The molecule has 0 aliphatic rings. The molecule has 0 saturated heterocycles. The number of ether oxygens (including phenoxy) is 1. The lowest BCUT2D eigenvalue weighted by Crippen LogP contribution is -2.20. The molecule has 1 heterocycles.